The molecule has 0 aromatic heterocycles. The predicted octanol–water partition coefficient (Wildman–Crippen LogP) is 3.98. The summed E-state index contributed by atoms with van der Waals surface area (Å²) in [6.07, 6.45) is 2.20. The minimum atomic E-state index is -0.250. The first-order valence-electron chi connectivity index (χ1n) is 5.68. The van der Waals surface area contributed by atoms with Crippen molar-refractivity contribution >= 4 is 29.7 Å². The zero-order chi connectivity index (χ0) is 12.8. The van der Waals surface area contributed by atoms with Gasteiger partial charge in [0.25, 0.3) is 0 Å². The lowest BCUT2D eigenvalue weighted by Crippen LogP contribution is -2.41. The maximum atomic E-state index is 5.97. The minimum Gasteiger partial charge on any atom is -0.399 e. The van der Waals surface area contributed by atoms with Crippen LogP contribution in [0, 0.1) is 5.41 Å². The van der Waals surface area contributed by atoms with E-state index in [2.05, 4.69) is 77.1 Å². The van der Waals surface area contributed by atoms with Crippen molar-refractivity contribution in [3.05, 3.63) is 9.56 Å². The van der Waals surface area contributed by atoms with Crippen molar-refractivity contribution in [3.8, 4) is 0 Å². The van der Waals surface area contributed by atoms with Gasteiger partial charge in [-0.2, -0.15) is 0 Å². The Balaban J connectivity index is 2.85. The van der Waals surface area contributed by atoms with Crippen molar-refractivity contribution in [2.45, 2.75) is 59.7 Å². The molecular weight excluding hydrogens is 314 g/mol. The van der Waals surface area contributed by atoms with Gasteiger partial charge < -0.3 is 9.31 Å². The van der Waals surface area contributed by atoms with Crippen molar-refractivity contribution < 1.29 is 9.31 Å². The summed E-state index contributed by atoms with van der Waals surface area (Å²) in [5.41, 5.74) is -0.347. The van der Waals surface area contributed by atoms with Gasteiger partial charge in [-0.1, -0.05) is 49.4 Å². The van der Waals surface area contributed by atoms with E-state index in [4.69, 9.17) is 9.31 Å². The molecule has 0 saturated carbocycles. The summed E-state index contributed by atoms with van der Waals surface area (Å²) in [6, 6.07) is 0. The Morgan fingerprint density at radius 2 is 1.44 bits per heavy atom. The van der Waals surface area contributed by atoms with Gasteiger partial charge in [0.1, 0.15) is 0 Å². The largest absolute Gasteiger partial charge is 0.501 e. The Hall–Kier alpha value is 0.455. The number of hydrogen-bond acceptors (Lipinski definition) is 2. The van der Waals surface area contributed by atoms with Crippen LogP contribution in [0.5, 0.6) is 0 Å². The molecule has 1 heterocycles. The lowest BCUT2D eigenvalue weighted by Gasteiger charge is -2.32. The summed E-state index contributed by atoms with van der Waals surface area (Å²) in [7, 11) is -0.218. The van der Waals surface area contributed by atoms with Crippen LogP contribution in [-0.2, 0) is 9.31 Å². The van der Waals surface area contributed by atoms with Crippen molar-refractivity contribution in [2.24, 2.45) is 5.41 Å². The standard InChI is InChI=1S/C12H22BIO2/c1-10(2,3)8-9(14)13-15-11(4,5)12(6,7)16-13/h8H,1-7H3/b9-8+. The van der Waals surface area contributed by atoms with Gasteiger partial charge in [0.15, 0.2) is 0 Å². The molecule has 92 valence electrons. The van der Waals surface area contributed by atoms with E-state index in [0.29, 0.717) is 0 Å². The van der Waals surface area contributed by atoms with E-state index in [1.165, 1.54) is 0 Å². The topological polar surface area (TPSA) is 18.5 Å². The van der Waals surface area contributed by atoms with Gasteiger partial charge in [0.05, 0.1) is 11.2 Å². The van der Waals surface area contributed by atoms with Crippen LogP contribution < -0.4 is 0 Å². The SMILES string of the molecule is CC(C)(C)/C=C(/I)B1OC(C)(C)C(C)(C)O1. The molecule has 0 spiro atoms. The molecule has 1 fully saturated rings. The van der Waals surface area contributed by atoms with Gasteiger partial charge in [-0.15, -0.1) is 0 Å². The van der Waals surface area contributed by atoms with Crippen molar-refractivity contribution in [3.63, 3.8) is 0 Å². The van der Waals surface area contributed by atoms with Gasteiger partial charge in [0.2, 0.25) is 0 Å². The lowest BCUT2D eigenvalue weighted by molar-refractivity contribution is 0.00578. The molecule has 0 aromatic rings. The van der Waals surface area contributed by atoms with Crippen LogP contribution in [0.3, 0.4) is 0 Å². The third-order valence-electron chi connectivity index (χ3n) is 3.05. The smallest absolute Gasteiger partial charge is 0.399 e. The molecule has 1 saturated heterocycles. The summed E-state index contributed by atoms with van der Waals surface area (Å²) >= 11 is 2.31. The average Bonchev–Trinajstić information content (AvgIpc) is 2.17. The molecule has 1 aliphatic heterocycles. The highest BCUT2D eigenvalue weighted by atomic mass is 127. The Morgan fingerprint density at radius 1 is 1.06 bits per heavy atom. The van der Waals surface area contributed by atoms with E-state index >= 15 is 0 Å². The molecule has 0 atom stereocenters. The first kappa shape index (κ1) is 14.5. The van der Waals surface area contributed by atoms with Gasteiger partial charge >= 0.3 is 7.12 Å². The Bertz CT molecular complexity index is 287. The molecule has 0 aliphatic carbocycles. The Kier molecular flexibility index (Phi) is 3.89. The number of hydrogen-bond donors (Lipinski definition) is 0. The van der Waals surface area contributed by atoms with Crippen LogP contribution >= 0.6 is 22.6 Å². The first-order chi connectivity index (χ1) is 6.95. The summed E-state index contributed by atoms with van der Waals surface area (Å²) < 4.78 is 13.1. The second-order valence-corrected chi connectivity index (χ2v) is 7.73. The highest BCUT2D eigenvalue weighted by Crippen LogP contribution is 2.40. The third kappa shape index (κ3) is 3.23. The maximum Gasteiger partial charge on any atom is 0.501 e. The molecule has 4 heteroatoms. The van der Waals surface area contributed by atoms with E-state index in [1.54, 1.807) is 0 Å². The summed E-state index contributed by atoms with van der Waals surface area (Å²) in [5, 5.41) is 0. The summed E-state index contributed by atoms with van der Waals surface area (Å²) in [6.45, 7) is 14.8. The van der Waals surface area contributed by atoms with Gasteiger partial charge in [-0.25, -0.2) is 0 Å². The molecule has 1 rings (SSSR count). The molecule has 0 radical (unpaired) electrons. The van der Waals surface area contributed by atoms with Crippen LogP contribution in [0.15, 0.2) is 9.56 Å². The molecule has 1 aliphatic rings. The highest BCUT2D eigenvalue weighted by molar-refractivity contribution is 14.1. The van der Waals surface area contributed by atoms with E-state index in [9.17, 15) is 0 Å². The zero-order valence-electron chi connectivity index (χ0n) is 11.3. The molecule has 2 nitrogen and oxygen atoms in total. The van der Waals surface area contributed by atoms with Crippen molar-refractivity contribution in [2.75, 3.05) is 0 Å². The summed E-state index contributed by atoms with van der Waals surface area (Å²) in [5.74, 6) is 0. The molecule has 0 N–H and O–H groups in total. The monoisotopic (exact) mass is 336 g/mol. The van der Waals surface area contributed by atoms with Crippen molar-refractivity contribution in [1.82, 2.24) is 0 Å². The number of rotatable bonds is 1. The third-order valence-corrected chi connectivity index (χ3v) is 3.87. The quantitative estimate of drug-likeness (QED) is 0.533. The van der Waals surface area contributed by atoms with Gasteiger partial charge in [-0.05, 0) is 33.1 Å². The minimum absolute atomic E-state index is 0.153. The van der Waals surface area contributed by atoms with Gasteiger partial charge in [-0.3, -0.25) is 0 Å². The van der Waals surface area contributed by atoms with Gasteiger partial charge in [0, 0.05) is 3.48 Å². The van der Waals surface area contributed by atoms with Crippen LogP contribution in [0.25, 0.3) is 0 Å². The second-order valence-electron chi connectivity index (χ2n) is 6.48. The second kappa shape index (κ2) is 4.28. The molecular formula is C12H22BIO2. The molecule has 0 unspecified atom stereocenters. The molecule has 16 heavy (non-hydrogen) atoms. The van der Waals surface area contributed by atoms with E-state index in [-0.39, 0.29) is 23.7 Å². The maximum absolute atomic E-state index is 5.97. The highest BCUT2D eigenvalue weighted by Gasteiger charge is 2.52. The molecule has 0 bridgehead atoms. The Morgan fingerprint density at radius 3 is 1.75 bits per heavy atom. The first-order valence-corrected chi connectivity index (χ1v) is 6.76. The molecule has 0 amide bonds. The van der Waals surface area contributed by atoms with Crippen LogP contribution in [0.4, 0.5) is 0 Å². The van der Waals surface area contributed by atoms with E-state index in [1.807, 2.05) is 0 Å². The van der Waals surface area contributed by atoms with Crippen LogP contribution in [0.1, 0.15) is 48.5 Å². The van der Waals surface area contributed by atoms with E-state index < -0.39 is 0 Å². The fraction of sp³-hybridized carbons (Fsp3) is 0.833. The van der Waals surface area contributed by atoms with E-state index in [0.717, 1.165) is 3.48 Å². The van der Waals surface area contributed by atoms with Crippen molar-refractivity contribution in [1.29, 1.82) is 0 Å². The normalized spacial score (nSPS) is 25.0. The lowest BCUT2D eigenvalue weighted by atomic mass is 9.84. The van der Waals surface area contributed by atoms with Crippen LogP contribution in [-0.4, -0.2) is 18.3 Å². The van der Waals surface area contributed by atoms with Crippen LogP contribution in [0.2, 0.25) is 0 Å². The Labute approximate surface area is 113 Å². The fourth-order valence-electron chi connectivity index (χ4n) is 1.44. The zero-order valence-corrected chi connectivity index (χ0v) is 13.5. The fourth-order valence-corrected chi connectivity index (χ4v) is 2.63. The predicted molar refractivity (Wildman–Crippen MR) is 77.6 cm³/mol. The summed E-state index contributed by atoms with van der Waals surface area (Å²) in [4.78, 5) is 0. The number of halogens is 1. The molecule has 0 aromatic carbocycles. The number of allylic oxidation sites excluding steroid dienone is 1. The average molecular weight is 336 g/mol.